The minimum absolute atomic E-state index is 0.368. The van der Waals surface area contributed by atoms with Crippen LogP contribution in [0.25, 0.3) is 27.9 Å². The summed E-state index contributed by atoms with van der Waals surface area (Å²) in [6.45, 7) is 8.41. The van der Waals surface area contributed by atoms with Gasteiger partial charge >= 0.3 is 0 Å². The number of rotatable bonds is 2. The first kappa shape index (κ1) is 15.5. The molecule has 4 aromatic heterocycles. The van der Waals surface area contributed by atoms with Crippen molar-refractivity contribution in [3.05, 3.63) is 47.0 Å². The molecule has 0 unspecified atom stereocenters. The highest BCUT2D eigenvalue weighted by Crippen LogP contribution is 2.36. The lowest BCUT2D eigenvalue weighted by molar-refractivity contribution is 0.630. The van der Waals surface area contributed by atoms with E-state index in [2.05, 4.69) is 53.3 Å². The maximum Gasteiger partial charge on any atom is 0.158 e. The number of hydrogen-bond donors (Lipinski definition) is 2. The van der Waals surface area contributed by atoms with Crippen LogP contribution in [0.15, 0.2) is 24.7 Å². The third kappa shape index (κ3) is 2.25. The lowest BCUT2D eigenvalue weighted by Crippen LogP contribution is -2.24. The Morgan fingerprint density at radius 3 is 2.96 bits per heavy atom. The minimum Gasteiger partial charge on any atom is -0.353 e. The Hall–Kier alpha value is -2.73. The van der Waals surface area contributed by atoms with Gasteiger partial charge < -0.3 is 10.3 Å². The van der Waals surface area contributed by atoms with E-state index in [0.29, 0.717) is 5.92 Å². The predicted molar refractivity (Wildman–Crippen MR) is 102 cm³/mol. The molecular formula is C20H22N6. The summed E-state index contributed by atoms with van der Waals surface area (Å²) in [6.07, 6.45) is 4.68. The van der Waals surface area contributed by atoms with Crippen molar-refractivity contribution in [1.82, 2.24) is 29.9 Å². The van der Waals surface area contributed by atoms with Crippen LogP contribution in [0.5, 0.6) is 0 Å². The maximum absolute atomic E-state index is 5.03. The van der Waals surface area contributed by atoms with E-state index in [1.807, 2.05) is 10.7 Å². The molecule has 2 N–H and O–H groups in total. The average molecular weight is 346 g/mol. The lowest BCUT2D eigenvalue weighted by Gasteiger charge is -2.16. The average Bonchev–Trinajstić information content (AvgIpc) is 3.23. The predicted octanol–water partition coefficient (Wildman–Crippen LogP) is 3.35. The molecular weight excluding hydrogens is 324 g/mol. The summed E-state index contributed by atoms with van der Waals surface area (Å²) in [5, 5.41) is 7.75. The molecule has 0 radical (unpaired) electrons. The zero-order chi connectivity index (χ0) is 17.8. The molecule has 1 aliphatic heterocycles. The van der Waals surface area contributed by atoms with Crippen molar-refractivity contribution in [2.24, 2.45) is 0 Å². The molecule has 0 aromatic carbocycles. The number of hydrogen-bond acceptors (Lipinski definition) is 4. The molecule has 0 saturated carbocycles. The molecule has 6 heteroatoms. The van der Waals surface area contributed by atoms with Gasteiger partial charge in [-0.1, -0.05) is 13.8 Å². The number of aromatic amines is 1. The van der Waals surface area contributed by atoms with Crippen molar-refractivity contribution in [3.63, 3.8) is 0 Å². The Bertz CT molecular complexity index is 1130. The lowest BCUT2D eigenvalue weighted by atomic mass is 9.97. The van der Waals surface area contributed by atoms with Gasteiger partial charge in [0.25, 0.3) is 0 Å². The normalized spacial score (nSPS) is 14.5. The second-order valence-electron chi connectivity index (χ2n) is 7.43. The molecule has 4 aromatic rings. The largest absolute Gasteiger partial charge is 0.353 e. The Kier molecular flexibility index (Phi) is 3.37. The number of aryl methyl sites for hydroxylation is 1. The quantitative estimate of drug-likeness (QED) is 0.584. The smallest absolute Gasteiger partial charge is 0.158 e. The number of nitrogens with one attached hydrogen (secondary N) is 2. The van der Waals surface area contributed by atoms with Gasteiger partial charge in [-0.25, -0.2) is 14.5 Å². The number of fused-ring (bicyclic) bond motifs is 3. The number of aromatic nitrogens is 5. The van der Waals surface area contributed by atoms with E-state index in [1.165, 1.54) is 16.8 Å². The Balaban J connectivity index is 1.79. The third-order valence-corrected chi connectivity index (χ3v) is 5.26. The second-order valence-corrected chi connectivity index (χ2v) is 7.43. The molecule has 5 heterocycles. The van der Waals surface area contributed by atoms with E-state index in [0.717, 1.165) is 53.0 Å². The first-order valence-corrected chi connectivity index (χ1v) is 9.17. The summed E-state index contributed by atoms with van der Waals surface area (Å²) in [6, 6.07) is 4.47. The highest BCUT2D eigenvalue weighted by Gasteiger charge is 2.21. The van der Waals surface area contributed by atoms with Gasteiger partial charge in [0.15, 0.2) is 5.65 Å². The van der Waals surface area contributed by atoms with Crippen molar-refractivity contribution in [2.45, 2.75) is 39.7 Å². The van der Waals surface area contributed by atoms with Crippen LogP contribution in [0, 0.1) is 6.92 Å². The zero-order valence-corrected chi connectivity index (χ0v) is 15.3. The molecule has 0 saturated heterocycles. The van der Waals surface area contributed by atoms with Crippen molar-refractivity contribution >= 4 is 16.7 Å². The Labute approximate surface area is 151 Å². The zero-order valence-electron chi connectivity index (χ0n) is 15.3. The number of H-pyrrole nitrogens is 1. The first-order valence-electron chi connectivity index (χ1n) is 9.17. The molecule has 0 aliphatic carbocycles. The van der Waals surface area contributed by atoms with E-state index in [9.17, 15) is 0 Å². The van der Waals surface area contributed by atoms with Gasteiger partial charge in [0, 0.05) is 23.9 Å². The summed E-state index contributed by atoms with van der Waals surface area (Å²) in [5.41, 5.74) is 10.3. The van der Waals surface area contributed by atoms with E-state index in [-0.39, 0.29) is 0 Å². The van der Waals surface area contributed by atoms with Crippen molar-refractivity contribution < 1.29 is 0 Å². The molecule has 0 amide bonds. The Morgan fingerprint density at radius 1 is 1.23 bits per heavy atom. The van der Waals surface area contributed by atoms with E-state index >= 15 is 0 Å². The van der Waals surface area contributed by atoms with Crippen LogP contribution in [-0.2, 0) is 13.0 Å². The standard InChI is InChI=1S/C20H22N6/c1-11(2)17-18(14-6-12(3)20-22-10-23-26(20)9-14)24-15-7-13-4-5-21-8-16(13)25-19(15)17/h6-7,9-11,21,24H,4-5,8H2,1-3H3. The third-order valence-electron chi connectivity index (χ3n) is 5.26. The van der Waals surface area contributed by atoms with Gasteiger partial charge in [-0.05, 0) is 49.1 Å². The summed E-state index contributed by atoms with van der Waals surface area (Å²) < 4.78 is 1.85. The molecule has 0 bridgehead atoms. The fraction of sp³-hybridized carbons (Fsp3) is 0.350. The van der Waals surface area contributed by atoms with Gasteiger partial charge in [-0.3, -0.25) is 0 Å². The van der Waals surface area contributed by atoms with Crippen molar-refractivity contribution in [2.75, 3.05) is 6.54 Å². The molecule has 0 fully saturated rings. The van der Waals surface area contributed by atoms with Gasteiger partial charge in [0.2, 0.25) is 0 Å². The van der Waals surface area contributed by atoms with Crippen LogP contribution in [-0.4, -0.2) is 31.1 Å². The van der Waals surface area contributed by atoms with Crippen LogP contribution in [0.3, 0.4) is 0 Å². The van der Waals surface area contributed by atoms with Gasteiger partial charge in [-0.15, -0.1) is 0 Å². The van der Waals surface area contributed by atoms with Crippen LogP contribution < -0.4 is 5.32 Å². The van der Waals surface area contributed by atoms with Gasteiger partial charge in [0.05, 0.1) is 22.4 Å². The monoisotopic (exact) mass is 346 g/mol. The summed E-state index contributed by atoms with van der Waals surface area (Å²) in [7, 11) is 0. The van der Waals surface area contributed by atoms with E-state index in [4.69, 9.17) is 4.98 Å². The maximum atomic E-state index is 5.03. The van der Waals surface area contributed by atoms with Crippen LogP contribution in [0.1, 0.15) is 42.1 Å². The van der Waals surface area contributed by atoms with Crippen LogP contribution in [0.2, 0.25) is 0 Å². The molecule has 0 spiro atoms. The molecule has 132 valence electrons. The fourth-order valence-electron chi connectivity index (χ4n) is 4.03. The SMILES string of the molecule is Cc1cc(-c2[nH]c3cc4c(nc3c2C(C)C)CNCC4)cn2ncnc12. The topological polar surface area (TPSA) is 70.9 Å². The minimum atomic E-state index is 0.368. The summed E-state index contributed by atoms with van der Waals surface area (Å²) >= 11 is 0. The van der Waals surface area contributed by atoms with Crippen LogP contribution >= 0.6 is 0 Å². The molecule has 5 rings (SSSR count). The fourth-order valence-corrected chi connectivity index (χ4v) is 4.03. The molecule has 1 aliphatic rings. The van der Waals surface area contributed by atoms with E-state index < -0.39 is 0 Å². The molecule has 6 nitrogen and oxygen atoms in total. The van der Waals surface area contributed by atoms with Crippen molar-refractivity contribution in [3.8, 4) is 11.3 Å². The summed E-state index contributed by atoms with van der Waals surface area (Å²) in [4.78, 5) is 13.0. The number of pyridine rings is 2. The van der Waals surface area contributed by atoms with E-state index in [1.54, 1.807) is 6.33 Å². The van der Waals surface area contributed by atoms with Gasteiger partial charge in [-0.2, -0.15) is 5.10 Å². The second kappa shape index (κ2) is 5.64. The highest BCUT2D eigenvalue weighted by molar-refractivity contribution is 5.89. The summed E-state index contributed by atoms with van der Waals surface area (Å²) in [5.74, 6) is 0.368. The molecule has 26 heavy (non-hydrogen) atoms. The first-order chi connectivity index (χ1) is 12.6. The van der Waals surface area contributed by atoms with Crippen LogP contribution in [0.4, 0.5) is 0 Å². The van der Waals surface area contributed by atoms with Crippen molar-refractivity contribution in [1.29, 1.82) is 0 Å². The Morgan fingerprint density at radius 2 is 2.12 bits per heavy atom. The van der Waals surface area contributed by atoms with Gasteiger partial charge in [0.1, 0.15) is 6.33 Å². The molecule has 0 atom stereocenters. The highest BCUT2D eigenvalue weighted by atomic mass is 15.3. The number of nitrogens with zero attached hydrogens (tertiary/aromatic N) is 4.